The molecule has 0 bridgehead atoms. The number of non-ortho nitro benzene ring substituents is 1. The third-order valence-electron chi connectivity index (χ3n) is 4.28. The van der Waals surface area contributed by atoms with Gasteiger partial charge >= 0.3 is 0 Å². The minimum Gasteiger partial charge on any atom is -0.507 e. The van der Waals surface area contributed by atoms with Crippen LogP contribution in [0.3, 0.4) is 0 Å². The van der Waals surface area contributed by atoms with Crippen LogP contribution in [0, 0.1) is 10.1 Å². The number of benzene rings is 3. The van der Waals surface area contributed by atoms with Crippen molar-refractivity contribution in [3.63, 3.8) is 0 Å². The van der Waals surface area contributed by atoms with E-state index in [4.69, 9.17) is 9.15 Å². The molecular weight excluding hydrogens is 374 g/mol. The minimum atomic E-state index is -0.526. The van der Waals surface area contributed by atoms with E-state index in [1.165, 1.54) is 24.4 Å². The summed E-state index contributed by atoms with van der Waals surface area (Å²) >= 11 is 0. The maximum Gasteiger partial charge on any atom is 0.270 e. The number of rotatable bonds is 5. The molecule has 0 unspecified atom stereocenters. The number of nitro benzene ring substituents is 1. The fraction of sp³-hybridized carbons (Fsp3) is 0.0476. The van der Waals surface area contributed by atoms with Crippen LogP contribution >= 0.6 is 0 Å². The second-order valence-electron chi connectivity index (χ2n) is 6.16. The van der Waals surface area contributed by atoms with Gasteiger partial charge in [0, 0.05) is 35.5 Å². The summed E-state index contributed by atoms with van der Waals surface area (Å²) in [6.07, 6.45) is 1.38. The number of nitro groups is 1. The normalized spacial score (nSPS) is 11.2. The third-order valence-corrected chi connectivity index (χ3v) is 4.28. The highest BCUT2D eigenvalue weighted by molar-refractivity contribution is 5.86. The van der Waals surface area contributed by atoms with Crippen molar-refractivity contribution in [3.05, 3.63) is 76.3 Å². The number of fused-ring (bicyclic) bond motifs is 1. The first-order valence-corrected chi connectivity index (χ1v) is 8.60. The van der Waals surface area contributed by atoms with E-state index >= 15 is 0 Å². The Labute approximate surface area is 164 Å². The van der Waals surface area contributed by atoms with Crippen molar-refractivity contribution in [2.45, 2.75) is 0 Å². The molecule has 0 aliphatic rings. The van der Waals surface area contributed by atoms with Crippen LogP contribution in [0.25, 0.3) is 22.6 Å². The molecule has 0 saturated carbocycles. The number of aromatic nitrogens is 1. The van der Waals surface area contributed by atoms with Gasteiger partial charge in [-0.3, -0.25) is 15.1 Å². The largest absolute Gasteiger partial charge is 0.507 e. The average Bonchev–Trinajstić information content (AvgIpc) is 3.16. The minimum absolute atomic E-state index is 0.0853. The summed E-state index contributed by atoms with van der Waals surface area (Å²) in [5.74, 6) is 1.09. The molecule has 0 radical (unpaired) electrons. The maximum absolute atomic E-state index is 10.9. The van der Waals surface area contributed by atoms with Crippen LogP contribution in [0.1, 0.15) is 5.56 Å². The van der Waals surface area contributed by atoms with Gasteiger partial charge in [-0.25, -0.2) is 4.98 Å². The van der Waals surface area contributed by atoms with Crippen LogP contribution in [-0.2, 0) is 0 Å². The van der Waals surface area contributed by atoms with Crippen LogP contribution in [0.5, 0.6) is 11.5 Å². The molecule has 0 aliphatic heterocycles. The first-order valence-electron chi connectivity index (χ1n) is 8.60. The fourth-order valence-corrected chi connectivity index (χ4v) is 2.75. The molecule has 0 atom stereocenters. The number of aromatic hydroxyl groups is 1. The quantitative estimate of drug-likeness (QED) is 0.296. The predicted octanol–water partition coefficient (Wildman–Crippen LogP) is 4.87. The van der Waals surface area contributed by atoms with E-state index in [1.54, 1.807) is 37.4 Å². The Kier molecular flexibility index (Phi) is 4.66. The van der Waals surface area contributed by atoms with Crippen LogP contribution < -0.4 is 4.74 Å². The van der Waals surface area contributed by atoms with Crippen LogP contribution in [-0.4, -0.2) is 28.3 Å². The van der Waals surface area contributed by atoms with Crippen LogP contribution in [0.15, 0.2) is 70.1 Å². The number of nitrogens with zero attached hydrogens (tertiary/aromatic N) is 3. The van der Waals surface area contributed by atoms with Gasteiger partial charge in [0.15, 0.2) is 5.58 Å². The molecule has 4 aromatic rings. The van der Waals surface area contributed by atoms with Crippen LogP contribution in [0.4, 0.5) is 11.4 Å². The predicted molar refractivity (Wildman–Crippen MR) is 108 cm³/mol. The summed E-state index contributed by atoms with van der Waals surface area (Å²) in [5.41, 5.74) is 2.88. The smallest absolute Gasteiger partial charge is 0.270 e. The summed E-state index contributed by atoms with van der Waals surface area (Å²) in [6, 6.07) is 16.3. The summed E-state index contributed by atoms with van der Waals surface area (Å²) < 4.78 is 11.0. The molecule has 8 nitrogen and oxygen atoms in total. The van der Waals surface area contributed by atoms with Crippen molar-refractivity contribution in [1.82, 2.24) is 4.98 Å². The van der Waals surface area contributed by atoms with Crippen molar-refractivity contribution in [1.29, 1.82) is 0 Å². The number of ether oxygens (including phenoxy) is 1. The van der Waals surface area contributed by atoms with Crippen molar-refractivity contribution >= 4 is 28.7 Å². The van der Waals surface area contributed by atoms with E-state index in [0.717, 1.165) is 5.56 Å². The van der Waals surface area contributed by atoms with E-state index in [0.29, 0.717) is 28.4 Å². The number of hydrogen-bond donors (Lipinski definition) is 1. The first kappa shape index (κ1) is 18.2. The van der Waals surface area contributed by atoms with Gasteiger partial charge < -0.3 is 14.3 Å². The van der Waals surface area contributed by atoms with E-state index in [2.05, 4.69) is 9.98 Å². The highest BCUT2D eigenvalue weighted by Gasteiger charge is 2.10. The molecule has 0 saturated heterocycles. The lowest BCUT2D eigenvalue weighted by Gasteiger charge is -2.00. The molecule has 0 spiro atoms. The van der Waals surface area contributed by atoms with Crippen molar-refractivity contribution in [2.24, 2.45) is 4.99 Å². The topological polar surface area (TPSA) is 111 Å². The molecule has 1 aromatic heterocycles. The van der Waals surface area contributed by atoms with Gasteiger partial charge in [-0.15, -0.1) is 0 Å². The van der Waals surface area contributed by atoms with Crippen molar-refractivity contribution in [2.75, 3.05) is 7.11 Å². The zero-order chi connectivity index (χ0) is 20.4. The number of oxazole rings is 1. The lowest BCUT2D eigenvalue weighted by atomic mass is 10.2. The molecule has 8 heteroatoms. The Bertz CT molecular complexity index is 1230. The van der Waals surface area contributed by atoms with Crippen LogP contribution in [0.2, 0.25) is 0 Å². The lowest BCUT2D eigenvalue weighted by molar-refractivity contribution is -0.384. The molecule has 0 fully saturated rings. The summed E-state index contributed by atoms with van der Waals surface area (Å²) in [5, 5.41) is 20.7. The Morgan fingerprint density at radius 2 is 1.93 bits per heavy atom. The Morgan fingerprint density at radius 1 is 1.14 bits per heavy atom. The molecule has 144 valence electrons. The van der Waals surface area contributed by atoms with Gasteiger partial charge in [0.25, 0.3) is 5.69 Å². The zero-order valence-corrected chi connectivity index (χ0v) is 15.3. The number of aliphatic imine (C=N–C) groups is 1. The number of hydrogen-bond acceptors (Lipinski definition) is 7. The maximum atomic E-state index is 10.9. The number of methoxy groups -OCH3 is 1. The highest BCUT2D eigenvalue weighted by Crippen LogP contribution is 2.28. The summed E-state index contributed by atoms with van der Waals surface area (Å²) in [6.45, 7) is 0. The Morgan fingerprint density at radius 3 is 2.66 bits per heavy atom. The van der Waals surface area contributed by atoms with Gasteiger partial charge in [-0.05, 0) is 42.5 Å². The molecule has 3 aromatic carbocycles. The molecular formula is C21H15N3O5. The molecule has 29 heavy (non-hydrogen) atoms. The standard InChI is InChI=1S/C21H15N3O5/c1-28-17-7-9-20-18(11-17)23-21(29-20)13-2-4-15(5-3-13)22-12-14-10-16(24(26)27)6-8-19(14)25/h2-12,25H,1H3. The Balaban J connectivity index is 1.57. The van der Waals surface area contributed by atoms with Gasteiger partial charge in [-0.1, -0.05) is 0 Å². The van der Waals surface area contributed by atoms with E-state index < -0.39 is 4.92 Å². The van der Waals surface area contributed by atoms with Gasteiger partial charge in [0.05, 0.1) is 17.7 Å². The summed E-state index contributed by atoms with van der Waals surface area (Å²) in [7, 11) is 1.59. The first-order chi connectivity index (χ1) is 14.0. The van der Waals surface area contributed by atoms with Crippen molar-refractivity contribution in [3.8, 4) is 23.0 Å². The lowest BCUT2D eigenvalue weighted by Crippen LogP contribution is -1.90. The second kappa shape index (κ2) is 7.43. The highest BCUT2D eigenvalue weighted by atomic mass is 16.6. The molecule has 4 rings (SSSR count). The Hall–Kier alpha value is -4.20. The van der Waals surface area contributed by atoms with Gasteiger partial charge in [0.1, 0.15) is 17.0 Å². The van der Waals surface area contributed by atoms with E-state index in [9.17, 15) is 15.2 Å². The van der Waals surface area contributed by atoms with Gasteiger partial charge in [0.2, 0.25) is 5.89 Å². The fourth-order valence-electron chi connectivity index (χ4n) is 2.75. The molecule has 0 aliphatic carbocycles. The van der Waals surface area contributed by atoms with Crippen molar-refractivity contribution < 1.29 is 19.2 Å². The van der Waals surface area contributed by atoms with Gasteiger partial charge in [-0.2, -0.15) is 0 Å². The average molecular weight is 389 g/mol. The van der Waals surface area contributed by atoms with E-state index in [1.807, 2.05) is 12.1 Å². The SMILES string of the molecule is COc1ccc2oc(-c3ccc(N=Cc4cc([N+](=O)[O-])ccc4O)cc3)nc2c1. The monoisotopic (exact) mass is 389 g/mol. The van der Waals surface area contributed by atoms with E-state index in [-0.39, 0.29) is 17.0 Å². The third kappa shape index (κ3) is 3.77. The zero-order valence-electron chi connectivity index (χ0n) is 15.3. The number of phenolic OH excluding ortho intramolecular Hbond substituents is 1. The molecule has 1 N–H and O–H groups in total. The molecule has 0 amide bonds. The second-order valence-corrected chi connectivity index (χ2v) is 6.16. The summed E-state index contributed by atoms with van der Waals surface area (Å²) in [4.78, 5) is 19.1. The molecule has 1 heterocycles. The number of phenols is 1.